The molecule has 4 rings (SSSR count). The molecule has 0 aromatic rings. The minimum Gasteiger partial charge on any atom is -0.359 e. The van der Waals surface area contributed by atoms with Crippen LogP contribution < -0.4 is 0 Å². The standard InChI is InChI=1S/C10H17NOS.ClH/c1-8-12-10(7-13-8)6-11-4-2-9(10)3-5-11;/h8-9H,2-7H2,1H3;1H/t8-,10-;/m0./s1. The van der Waals surface area contributed by atoms with E-state index in [-0.39, 0.29) is 18.0 Å². The van der Waals surface area contributed by atoms with E-state index >= 15 is 0 Å². The minimum absolute atomic E-state index is 0. The molecular formula is C10H18ClNOS. The van der Waals surface area contributed by atoms with E-state index in [0.29, 0.717) is 5.44 Å². The topological polar surface area (TPSA) is 12.5 Å². The number of nitrogens with zero attached hydrogens (tertiary/aromatic N) is 1. The first-order valence-corrected chi connectivity index (χ1v) is 6.35. The van der Waals surface area contributed by atoms with Crippen LogP contribution in [0.2, 0.25) is 0 Å². The number of piperidine rings is 3. The first-order valence-electron chi connectivity index (χ1n) is 5.30. The highest BCUT2D eigenvalue weighted by Gasteiger charge is 2.51. The summed E-state index contributed by atoms with van der Waals surface area (Å²) < 4.78 is 6.14. The Labute approximate surface area is 96.2 Å². The van der Waals surface area contributed by atoms with Crippen molar-refractivity contribution in [2.75, 3.05) is 25.4 Å². The predicted molar refractivity (Wildman–Crippen MR) is 62.1 cm³/mol. The maximum Gasteiger partial charge on any atom is 0.101 e. The quantitative estimate of drug-likeness (QED) is 0.637. The summed E-state index contributed by atoms with van der Waals surface area (Å²) in [5.74, 6) is 2.09. The third-order valence-electron chi connectivity index (χ3n) is 3.79. The molecule has 0 N–H and O–H groups in total. The fourth-order valence-electron chi connectivity index (χ4n) is 3.08. The van der Waals surface area contributed by atoms with Crippen molar-refractivity contribution in [3.63, 3.8) is 0 Å². The molecule has 82 valence electrons. The zero-order valence-corrected chi connectivity index (χ0v) is 10.2. The molecule has 0 radical (unpaired) electrons. The van der Waals surface area contributed by atoms with Crippen LogP contribution in [0.3, 0.4) is 0 Å². The number of rotatable bonds is 0. The molecule has 0 aliphatic carbocycles. The lowest BCUT2D eigenvalue weighted by atomic mass is 9.76. The summed E-state index contributed by atoms with van der Waals surface area (Å²) in [6.45, 7) is 6.02. The number of fused-ring (bicyclic) bond motifs is 2. The van der Waals surface area contributed by atoms with Gasteiger partial charge in [-0.1, -0.05) is 0 Å². The van der Waals surface area contributed by atoms with Gasteiger partial charge in [0.15, 0.2) is 0 Å². The Hall–Kier alpha value is 0.560. The third-order valence-corrected chi connectivity index (χ3v) is 5.01. The van der Waals surface area contributed by atoms with Gasteiger partial charge in [-0.25, -0.2) is 0 Å². The zero-order valence-electron chi connectivity index (χ0n) is 8.57. The highest BCUT2D eigenvalue weighted by atomic mass is 35.5. The maximum absolute atomic E-state index is 6.14. The molecule has 0 amide bonds. The lowest BCUT2D eigenvalue weighted by Gasteiger charge is -2.50. The van der Waals surface area contributed by atoms with Crippen LogP contribution in [0, 0.1) is 5.92 Å². The van der Waals surface area contributed by atoms with Gasteiger partial charge in [-0.15, -0.1) is 24.2 Å². The summed E-state index contributed by atoms with van der Waals surface area (Å²) in [6.07, 6.45) is 2.74. The largest absolute Gasteiger partial charge is 0.359 e. The molecule has 4 heteroatoms. The molecule has 4 fully saturated rings. The van der Waals surface area contributed by atoms with Crippen LogP contribution in [0.4, 0.5) is 0 Å². The SMILES string of the molecule is C[C@H]1O[C@]2(CS1)CN1CCC2CC1.Cl. The minimum atomic E-state index is 0. The van der Waals surface area contributed by atoms with Crippen molar-refractivity contribution in [2.24, 2.45) is 5.92 Å². The molecular weight excluding hydrogens is 218 g/mol. The van der Waals surface area contributed by atoms with Crippen LogP contribution >= 0.6 is 24.2 Å². The molecule has 4 saturated heterocycles. The van der Waals surface area contributed by atoms with Gasteiger partial charge in [0, 0.05) is 12.3 Å². The van der Waals surface area contributed by atoms with E-state index in [4.69, 9.17) is 4.74 Å². The Bertz CT molecular complexity index is 220. The summed E-state index contributed by atoms with van der Waals surface area (Å²) in [4.78, 5) is 2.58. The Morgan fingerprint density at radius 1 is 1.36 bits per heavy atom. The monoisotopic (exact) mass is 235 g/mol. The maximum atomic E-state index is 6.14. The molecule has 2 bridgehead atoms. The Kier molecular flexibility index (Phi) is 3.04. The molecule has 14 heavy (non-hydrogen) atoms. The smallest absolute Gasteiger partial charge is 0.101 e. The Balaban J connectivity index is 0.000000750. The van der Waals surface area contributed by atoms with E-state index in [1.165, 1.54) is 38.2 Å². The van der Waals surface area contributed by atoms with Crippen LogP contribution in [-0.4, -0.2) is 41.3 Å². The molecule has 4 heterocycles. The molecule has 1 spiro atoms. The number of hydrogen-bond donors (Lipinski definition) is 0. The fourth-order valence-corrected chi connectivity index (χ4v) is 4.25. The van der Waals surface area contributed by atoms with Gasteiger partial charge in [0.1, 0.15) is 5.44 Å². The van der Waals surface area contributed by atoms with Crippen molar-refractivity contribution < 1.29 is 4.74 Å². The molecule has 4 aliphatic rings. The predicted octanol–water partition coefficient (Wildman–Crippen LogP) is 1.98. The van der Waals surface area contributed by atoms with Crippen molar-refractivity contribution >= 4 is 24.2 Å². The summed E-state index contributed by atoms with van der Waals surface area (Å²) in [7, 11) is 0. The van der Waals surface area contributed by atoms with E-state index in [1.807, 2.05) is 11.8 Å². The normalized spacial score (nSPS) is 50.8. The van der Waals surface area contributed by atoms with E-state index in [0.717, 1.165) is 5.92 Å². The molecule has 0 aromatic carbocycles. The Morgan fingerprint density at radius 3 is 2.50 bits per heavy atom. The second-order valence-electron chi connectivity index (χ2n) is 4.61. The average Bonchev–Trinajstić information content (AvgIpc) is 2.49. The number of ether oxygens (including phenoxy) is 1. The van der Waals surface area contributed by atoms with Crippen LogP contribution in [-0.2, 0) is 4.74 Å². The summed E-state index contributed by atoms with van der Waals surface area (Å²) >= 11 is 1.99. The number of thioether (sulfide) groups is 1. The summed E-state index contributed by atoms with van der Waals surface area (Å²) in [5.41, 5.74) is 0.682. The van der Waals surface area contributed by atoms with E-state index in [1.54, 1.807) is 0 Å². The van der Waals surface area contributed by atoms with Crippen LogP contribution in [0.5, 0.6) is 0 Å². The average molecular weight is 236 g/mol. The lowest BCUT2D eigenvalue weighted by molar-refractivity contribution is -0.133. The van der Waals surface area contributed by atoms with E-state index in [9.17, 15) is 0 Å². The van der Waals surface area contributed by atoms with Crippen molar-refractivity contribution in [2.45, 2.75) is 30.8 Å². The van der Waals surface area contributed by atoms with Gasteiger partial charge in [0.25, 0.3) is 0 Å². The number of halogens is 1. The van der Waals surface area contributed by atoms with E-state index < -0.39 is 0 Å². The molecule has 0 saturated carbocycles. The highest BCUT2D eigenvalue weighted by molar-refractivity contribution is 8.00. The third kappa shape index (κ3) is 1.58. The van der Waals surface area contributed by atoms with Crippen molar-refractivity contribution in [3.05, 3.63) is 0 Å². The van der Waals surface area contributed by atoms with Gasteiger partial charge in [-0.2, -0.15) is 0 Å². The molecule has 4 aliphatic heterocycles. The van der Waals surface area contributed by atoms with Crippen molar-refractivity contribution in [1.29, 1.82) is 0 Å². The van der Waals surface area contributed by atoms with Crippen LogP contribution in [0.25, 0.3) is 0 Å². The summed E-state index contributed by atoms with van der Waals surface area (Å²) in [6, 6.07) is 0. The Morgan fingerprint density at radius 2 is 2.07 bits per heavy atom. The second kappa shape index (κ2) is 3.85. The molecule has 2 atom stereocenters. The van der Waals surface area contributed by atoms with Gasteiger partial charge in [0.2, 0.25) is 0 Å². The van der Waals surface area contributed by atoms with Gasteiger partial charge in [-0.3, -0.25) is 0 Å². The van der Waals surface area contributed by atoms with Gasteiger partial charge < -0.3 is 9.64 Å². The first kappa shape index (κ1) is 11.1. The van der Waals surface area contributed by atoms with E-state index in [2.05, 4.69) is 11.8 Å². The first-order chi connectivity index (χ1) is 6.28. The highest BCUT2D eigenvalue weighted by Crippen LogP contribution is 2.46. The second-order valence-corrected chi connectivity index (χ2v) is 5.90. The zero-order chi connectivity index (χ0) is 8.89. The lowest BCUT2D eigenvalue weighted by Crippen LogP contribution is -2.60. The van der Waals surface area contributed by atoms with Gasteiger partial charge >= 0.3 is 0 Å². The number of hydrogen-bond acceptors (Lipinski definition) is 3. The fraction of sp³-hybridized carbons (Fsp3) is 1.00. The van der Waals surface area contributed by atoms with Gasteiger partial charge in [0.05, 0.1) is 5.60 Å². The van der Waals surface area contributed by atoms with Crippen molar-refractivity contribution in [3.8, 4) is 0 Å². The van der Waals surface area contributed by atoms with Gasteiger partial charge in [-0.05, 0) is 38.8 Å². The molecule has 0 aromatic heterocycles. The van der Waals surface area contributed by atoms with Crippen LogP contribution in [0.1, 0.15) is 19.8 Å². The van der Waals surface area contributed by atoms with Crippen LogP contribution in [0.15, 0.2) is 0 Å². The summed E-state index contributed by atoms with van der Waals surface area (Å²) in [5, 5.41) is 0. The van der Waals surface area contributed by atoms with Crippen molar-refractivity contribution in [1.82, 2.24) is 4.90 Å². The molecule has 2 nitrogen and oxygen atoms in total. The molecule has 0 unspecified atom stereocenters.